The van der Waals surface area contributed by atoms with E-state index in [0.717, 1.165) is 57.8 Å². The monoisotopic (exact) mass is 1120 g/mol. The van der Waals surface area contributed by atoms with Crippen LogP contribution in [0, 0.1) is 0 Å². The number of carbonyl (C=O) groups is 2. The Morgan fingerprint density at radius 1 is 0.436 bits per heavy atom. The molecule has 0 saturated carbocycles. The second kappa shape index (κ2) is 58.9. The molecular weight excluding hydrogens is 988 g/mol. The summed E-state index contributed by atoms with van der Waals surface area (Å²) in [6, 6.07) is -0.840. The van der Waals surface area contributed by atoms with Crippen molar-refractivity contribution in [1.82, 2.24) is 5.32 Å². The van der Waals surface area contributed by atoms with Crippen LogP contribution in [-0.2, 0) is 27.9 Å². The van der Waals surface area contributed by atoms with Gasteiger partial charge in [0.15, 0.2) is 0 Å². The number of unbranched alkanes of at least 4 members (excludes halogenated alkanes) is 48. The molecule has 0 radical (unpaired) electrons. The third-order valence-corrected chi connectivity index (χ3v) is 17.0. The van der Waals surface area contributed by atoms with Crippen LogP contribution in [-0.4, -0.2) is 74.3 Å². The quantitative estimate of drug-likeness (QED) is 0.0205. The summed E-state index contributed by atoms with van der Waals surface area (Å²) in [5.41, 5.74) is 0. The molecule has 3 unspecified atom stereocenters. The van der Waals surface area contributed by atoms with Crippen LogP contribution in [0.5, 0.6) is 0 Å². The summed E-state index contributed by atoms with van der Waals surface area (Å²) < 4.78 is 30.8. The fourth-order valence-electron chi connectivity index (χ4n) is 10.7. The van der Waals surface area contributed by atoms with E-state index in [4.69, 9.17) is 13.8 Å². The maximum absolute atomic E-state index is 13.6. The van der Waals surface area contributed by atoms with E-state index in [0.29, 0.717) is 23.9 Å². The highest BCUT2D eigenvalue weighted by Crippen LogP contribution is 2.43. The van der Waals surface area contributed by atoms with Gasteiger partial charge in [-0.05, 0) is 31.8 Å². The highest BCUT2D eigenvalue weighted by atomic mass is 31.2. The fraction of sp³-hybridized carbons (Fsp3) is 0.941. The van der Waals surface area contributed by atoms with E-state index in [9.17, 15) is 19.0 Å². The molecule has 10 heteroatoms. The largest absolute Gasteiger partial charge is 0.472 e. The average Bonchev–Trinajstić information content (AvgIpc) is 3.40. The van der Waals surface area contributed by atoms with Crippen molar-refractivity contribution in [2.24, 2.45) is 0 Å². The Bertz CT molecular complexity index is 1340. The molecule has 3 atom stereocenters. The minimum absolute atomic E-state index is 0.0460. The van der Waals surface area contributed by atoms with E-state index in [1.807, 2.05) is 27.2 Å². The van der Waals surface area contributed by atoms with Gasteiger partial charge < -0.3 is 19.4 Å². The van der Waals surface area contributed by atoms with Gasteiger partial charge in [0.25, 0.3) is 0 Å². The first-order valence-corrected chi connectivity index (χ1v) is 36.0. The second-order valence-electron chi connectivity index (χ2n) is 25.1. The zero-order chi connectivity index (χ0) is 57.2. The van der Waals surface area contributed by atoms with E-state index in [2.05, 4.69) is 32.2 Å². The highest BCUT2D eigenvalue weighted by Gasteiger charge is 2.30. The lowest BCUT2D eigenvalue weighted by Gasteiger charge is -2.27. The number of phosphoric acid groups is 1. The first kappa shape index (κ1) is 76.8. The maximum atomic E-state index is 13.6. The third kappa shape index (κ3) is 59.4. The van der Waals surface area contributed by atoms with Crippen molar-refractivity contribution >= 4 is 19.7 Å². The highest BCUT2D eigenvalue weighted by molar-refractivity contribution is 7.47. The number of esters is 1. The van der Waals surface area contributed by atoms with Crippen molar-refractivity contribution in [3.8, 4) is 0 Å². The summed E-state index contributed by atoms with van der Waals surface area (Å²) in [4.78, 5) is 37.8. The number of nitrogens with one attached hydrogen (secondary N) is 1. The van der Waals surface area contributed by atoms with Crippen molar-refractivity contribution in [3.63, 3.8) is 0 Å². The number of quaternary nitrogens is 1. The van der Waals surface area contributed by atoms with E-state index in [1.54, 1.807) is 0 Å². The molecule has 0 aromatic carbocycles. The molecule has 0 spiro atoms. The summed E-state index contributed by atoms with van der Waals surface area (Å²) in [5.74, 6) is -0.478. The van der Waals surface area contributed by atoms with Gasteiger partial charge in [0, 0.05) is 12.8 Å². The van der Waals surface area contributed by atoms with E-state index >= 15 is 0 Å². The first-order chi connectivity index (χ1) is 37.9. The minimum Gasteiger partial charge on any atom is -0.456 e. The van der Waals surface area contributed by atoms with Crippen LogP contribution in [0.2, 0.25) is 0 Å². The second-order valence-corrected chi connectivity index (χ2v) is 26.5. The average molecular weight is 1120 g/mol. The number of allylic oxidation sites excluding steroid dienone is 1. The number of ether oxygens (including phenoxy) is 1. The molecule has 0 aromatic rings. The number of hydrogen-bond acceptors (Lipinski definition) is 6. The van der Waals surface area contributed by atoms with Crippen molar-refractivity contribution in [1.29, 1.82) is 0 Å². The Hall–Kier alpha value is -1.25. The van der Waals surface area contributed by atoms with E-state index < -0.39 is 20.0 Å². The van der Waals surface area contributed by atoms with Crippen LogP contribution < -0.4 is 5.32 Å². The van der Waals surface area contributed by atoms with Gasteiger partial charge in [-0.15, -0.1) is 0 Å². The standard InChI is InChI=1S/C68H135N2O7P/c1-7-10-13-16-19-22-25-28-30-32-34-35-37-39-41-43-46-49-52-55-58-61-68(72)77-66(59-56-53-50-47-44-27-24-21-18-15-12-9-3)65(64-76-78(73,74)75-63-62-70(4,5)6)69-67(71)60-57-54-51-48-45-42-40-38-36-33-31-29-26-23-20-17-14-11-8-2/h56,59,65-66H,7-55,57-58,60-64H2,1-6H3,(H-,69,71,73,74)/p+1/b59-56+. The first-order valence-electron chi connectivity index (χ1n) is 34.5. The number of likely N-dealkylation sites (N-methyl/N-ethyl adjacent to an activating group) is 1. The minimum atomic E-state index is -4.44. The van der Waals surface area contributed by atoms with E-state index in [-0.39, 0.29) is 25.1 Å². The summed E-state index contributed by atoms with van der Waals surface area (Å²) in [6.45, 7) is 7.09. The van der Waals surface area contributed by atoms with Crippen LogP contribution in [0.15, 0.2) is 12.2 Å². The van der Waals surface area contributed by atoms with Gasteiger partial charge in [-0.1, -0.05) is 329 Å². The van der Waals surface area contributed by atoms with Crippen LogP contribution in [0.3, 0.4) is 0 Å². The van der Waals surface area contributed by atoms with Gasteiger partial charge >= 0.3 is 13.8 Å². The smallest absolute Gasteiger partial charge is 0.456 e. The molecule has 0 heterocycles. The molecule has 1 amide bonds. The Morgan fingerprint density at radius 3 is 1.05 bits per heavy atom. The number of carbonyl (C=O) groups excluding carboxylic acids is 2. The lowest BCUT2D eigenvalue weighted by molar-refractivity contribution is -0.870. The van der Waals surface area contributed by atoms with Crippen molar-refractivity contribution < 1.29 is 37.3 Å². The van der Waals surface area contributed by atoms with Crippen LogP contribution in [0.4, 0.5) is 0 Å². The fourth-order valence-corrected chi connectivity index (χ4v) is 11.4. The zero-order valence-corrected chi connectivity index (χ0v) is 54.1. The third-order valence-electron chi connectivity index (χ3n) is 16.0. The van der Waals surface area contributed by atoms with Gasteiger partial charge in [0.05, 0.1) is 33.8 Å². The Balaban J connectivity index is 5.08. The SMILES string of the molecule is CCCCCCCCCCCC/C=C/C(OC(=O)CCCCCCCCCCCCCCCCCCCCCCC)C(COP(=O)(O)OCC[N+](C)(C)C)NC(=O)CCCCCCCCCCCCCCCCCCCCC. The molecule has 2 N–H and O–H groups in total. The van der Waals surface area contributed by atoms with E-state index in [1.165, 1.54) is 270 Å². The summed E-state index contributed by atoms with van der Waals surface area (Å²) in [5, 5.41) is 3.08. The predicted molar refractivity (Wildman–Crippen MR) is 337 cm³/mol. The molecule has 0 bridgehead atoms. The number of nitrogens with zero attached hydrogens (tertiary/aromatic N) is 1. The molecule has 464 valence electrons. The van der Waals surface area contributed by atoms with Gasteiger partial charge in [-0.25, -0.2) is 4.57 Å². The van der Waals surface area contributed by atoms with Gasteiger partial charge in [0.2, 0.25) is 5.91 Å². The number of hydrogen-bond donors (Lipinski definition) is 2. The Morgan fingerprint density at radius 2 is 0.731 bits per heavy atom. The van der Waals surface area contributed by atoms with Gasteiger partial charge in [0.1, 0.15) is 19.3 Å². The molecule has 0 aliphatic heterocycles. The molecule has 78 heavy (non-hydrogen) atoms. The van der Waals surface area contributed by atoms with Gasteiger partial charge in [-0.3, -0.25) is 18.6 Å². The number of phosphoric ester groups is 1. The number of amides is 1. The molecule has 0 aliphatic rings. The lowest BCUT2D eigenvalue weighted by Crippen LogP contribution is -2.47. The predicted octanol–water partition coefficient (Wildman–Crippen LogP) is 21.5. The molecule has 0 aliphatic carbocycles. The van der Waals surface area contributed by atoms with Crippen LogP contribution >= 0.6 is 7.82 Å². The maximum Gasteiger partial charge on any atom is 0.472 e. The summed E-state index contributed by atoms with van der Waals surface area (Å²) >= 11 is 0. The molecular formula is C68H136N2O7P+. The van der Waals surface area contributed by atoms with Crippen molar-refractivity contribution in [2.75, 3.05) is 40.9 Å². The topological polar surface area (TPSA) is 111 Å². The molecule has 9 nitrogen and oxygen atoms in total. The Labute approximate surface area is 486 Å². The van der Waals surface area contributed by atoms with Crippen molar-refractivity contribution in [3.05, 3.63) is 12.2 Å². The normalized spacial score (nSPS) is 13.6. The van der Waals surface area contributed by atoms with Crippen LogP contribution in [0.1, 0.15) is 361 Å². The number of rotatable bonds is 64. The van der Waals surface area contributed by atoms with Gasteiger partial charge in [-0.2, -0.15) is 0 Å². The zero-order valence-electron chi connectivity index (χ0n) is 53.2. The summed E-state index contributed by atoms with van der Waals surface area (Å²) in [7, 11) is 1.52. The Kier molecular flexibility index (Phi) is 58.0. The lowest BCUT2D eigenvalue weighted by atomic mass is 10.0. The summed E-state index contributed by atoms with van der Waals surface area (Å²) in [6.07, 6.45) is 69.3. The molecule has 0 rings (SSSR count). The molecule has 0 saturated heterocycles. The van der Waals surface area contributed by atoms with Crippen LogP contribution in [0.25, 0.3) is 0 Å². The van der Waals surface area contributed by atoms with Crippen molar-refractivity contribution in [2.45, 2.75) is 373 Å². The molecule has 0 aromatic heterocycles. The molecule has 0 fully saturated rings.